The highest BCUT2D eigenvalue weighted by molar-refractivity contribution is 7.91. The van der Waals surface area contributed by atoms with E-state index in [-0.39, 0.29) is 11.5 Å². The molecular weight excluding hydrogens is 294 g/mol. The molecule has 2 atom stereocenters. The fourth-order valence-corrected chi connectivity index (χ4v) is 5.12. The SMILES string of the molecule is C[S+]([O-])CC(CCC(C)(C)C)N(C(C)(C)C)S(C)(=O)=O. The summed E-state index contributed by atoms with van der Waals surface area (Å²) in [5, 5.41) is 0. The van der Waals surface area contributed by atoms with Crippen molar-refractivity contribution in [3.63, 3.8) is 0 Å². The van der Waals surface area contributed by atoms with Crippen LogP contribution in [-0.4, -0.2) is 47.1 Å². The lowest BCUT2D eigenvalue weighted by molar-refractivity contribution is 0.180. The molecule has 0 radical (unpaired) electrons. The molecule has 0 aliphatic heterocycles. The van der Waals surface area contributed by atoms with Crippen molar-refractivity contribution >= 4 is 21.2 Å². The lowest BCUT2D eigenvalue weighted by atomic mass is 9.88. The summed E-state index contributed by atoms with van der Waals surface area (Å²) >= 11 is -1.02. The van der Waals surface area contributed by atoms with E-state index in [1.54, 1.807) is 6.26 Å². The average molecular weight is 326 g/mol. The second-order valence-corrected chi connectivity index (χ2v) is 11.1. The van der Waals surface area contributed by atoms with Crippen LogP contribution in [0.3, 0.4) is 0 Å². The van der Waals surface area contributed by atoms with Crippen LogP contribution >= 0.6 is 0 Å². The van der Waals surface area contributed by atoms with Gasteiger partial charge in [-0.25, -0.2) is 8.42 Å². The van der Waals surface area contributed by atoms with E-state index < -0.39 is 26.7 Å². The standard InChI is InChI=1S/C14H31NO3S2/c1-13(2,3)10-9-12(11-19(7)16)15(14(4,5)6)20(8,17)18/h12H,9-11H2,1-8H3. The van der Waals surface area contributed by atoms with E-state index in [0.29, 0.717) is 5.75 Å². The minimum Gasteiger partial charge on any atom is -0.617 e. The van der Waals surface area contributed by atoms with Gasteiger partial charge in [0.25, 0.3) is 0 Å². The second kappa shape index (κ2) is 6.99. The Hall–Kier alpha value is 0.220. The fourth-order valence-electron chi connectivity index (χ4n) is 2.45. The molecule has 0 aromatic heterocycles. The molecule has 0 spiro atoms. The molecule has 0 aliphatic rings. The molecule has 0 aliphatic carbocycles. The van der Waals surface area contributed by atoms with Gasteiger partial charge in [-0.2, -0.15) is 4.31 Å². The van der Waals surface area contributed by atoms with E-state index in [1.165, 1.54) is 10.6 Å². The van der Waals surface area contributed by atoms with E-state index in [0.717, 1.165) is 12.8 Å². The van der Waals surface area contributed by atoms with Crippen molar-refractivity contribution in [2.24, 2.45) is 5.41 Å². The predicted molar refractivity (Wildman–Crippen MR) is 87.8 cm³/mol. The molecule has 4 nitrogen and oxygen atoms in total. The van der Waals surface area contributed by atoms with Crippen molar-refractivity contribution in [2.45, 2.75) is 66.0 Å². The molecule has 122 valence electrons. The zero-order valence-corrected chi connectivity index (χ0v) is 15.8. The molecule has 0 saturated heterocycles. The number of sulfonamides is 1. The van der Waals surface area contributed by atoms with Gasteiger partial charge in [-0.05, 0) is 39.0 Å². The largest absolute Gasteiger partial charge is 0.617 e. The smallest absolute Gasteiger partial charge is 0.212 e. The van der Waals surface area contributed by atoms with E-state index in [2.05, 4.69) is 20.8 Å². The lowest BCUT2D eigenvalue weighted by Crippen LogP contribution is -2.53. The zero-order valence-electron chi connectivity index (χ0n) is 14.2. The summed E-state index contributed by atoms with van der Waals surface area (Å²) < 4.78 is 37.5. The third kappa shape index (κ3) is 7.86. The number of nitrogens with zero attached hydrogens (tertiary/aromatic N) is 1. The summed E-state index contributed by atoms with van der Waals surface area (Å²) in [5.41, 5.74) is -0.371. The monoisotopic (exact) mass is 325 g/mol. The minimum absolute atomic E-state index is 0.133. The molecule has 0 rings (SSSR count). The molecule has 0 saturated carbocycles. The molecule has 0 fully saturated rings. The Morgan fingerprint density at radius 1 is 1.15 bits per heavy atom. The van der Waals surface area contributed by atoms with Gasteiger partial charge in [-0.1, -0.05) is 31.9 Å². The van der Waals surface area contributed by atoms with Crippen LogP contribution in [0.4, 0.5) is 0 Å². The van der Waals surface area contributed by atoms with Crippen LogP contribution in [0, 0.1) is 5.41 Å². The van der Waals surface area contributed by atoms with Crippen molar-refractivity contribution < 1.29 is 13.0 Å². The first-order valence-corrected chi connectivity index (χ1v) is 10.5. The Labute approximate surface area is 128 Å². The van der Waals surface area contributed by atoms with Crippen molar-refractivity contribution in [3.05, 3.63) is 0 Å². The maximum atomic E-state index is 12.2. The number of hydrogen-bond donors (Lipinski definition) is 0. The van der Waals surface area contributed by atoms with Crippen LogP contribution in [0.15, 0.2) is 0 Å². The highest BCUT2D eigenvalue weighted by atomic mass is 32.2. The van der Waals surface area contributed by atoms with Crippen LogP contribution in [-0.2, 0) is 21.2 Å². The molecule has 0 heterocycles. The average Bonchev–Trinajstić information content (AvgIpc) is 2.06. The van der Waals surface area contributed by atoms with E-state index >= 15 is 0 Å². The second-order valence-electron chi connectivity index (χ2n) is 7.72. The topological polar surface area (TPSA) is 60.4 Å². The van der Waals surface area contributed by atoms with Gasteiger partial charge in [-0.3, -0.25) is 0 Å². The number of rotatable bonds is 6. The van der Waals surface area contributed by atoms with Crippen LogP contribution in [0.1, 0.15) is 54.4 Å². The van der Waals surface area contributed by atoms with Gasteiger partial charge in [0.15, 0.2) is 0 Å². The Kier molecular flexibility index (Phi) is 7.06. The summed E-state index contributed by atoms with van der Waals surface area (Å²) in [7, 11) is -3.34. The van der Waals surface area contributed by atoms with Crippen LogP contribution in [0.25, 0.3) is 0 Å². The highest BCUT2D eigenvalue weighted by Gasteiger charge is 2.38. The Morgan fingerprint density at radius 2 is 1.60 bits per heavy atom. The lowest BCUT2D eigenvalue weighted by Gasteiger charge is -2.40. The maximum absolute atomic E-state index is 12.2. The van der Waals surface area contributed by atoms with Gasteiger partial charge in [0.2, 0.25) is 10.0 Å². The molecule has 0 amide bonds. The number of hydrogen-bond acceptors (Lipinski definition) is 3. The van der Waals surface area contributed by atoms with E-state index in [9.17, 15) is 13.0 Å². The van der Waals surface area contributed by atoms with Crippen molar-refractivity contribution in [1.29, 1.82) is 0 Å². The van der Waals surface area contributed by atoms with Gasteiger partial charge < -0.3 is 4.55 Å². The molecular formula is C14H31NO3S2. The third-order valence-corrected chi connectivity index (χ3v) is 5.42. The van der Waals surface area contributed by atoms with Gasteiger partial charge in [0.05, 0.1) is 18.6 Å². The van der Waals surface area contributed by atoms with Crippen LogP contribution in [0.2, 0.25) is 0 Å². The molecule has 0 aromatic carbocycles. The zero-order chi connectivity index (χ0) is 16.4. The van der Waals surface area contributed by atoms with E-state index in [1.807, 2.05) is 20.8 Å². The summed E-state index contributed by atoms with van der Waals surface area (Å²) in [6.07, 6.45) is 4.50. The van der Waals surface area contributed by atoms with Gasteiger partial charge in [-0.15, -0.1) is 0 Å². The Bertz CT molecular complexity index is 392. The van der Waals surface area contributed by atoms with E-state index in [4.69, 9.17) is 0 Å². The Morgan fingerprint density at radius 3 is 1.85 bits per heavy atom. The summed E-state index contributed by atoms with van der Waals surface area (Å²) in [4.78, 5) is 0. The minimum atomic E-state index is -3.34. The normalized spacial score (nSPS) is 17.3. The summed E-state index contributed by atoms with van der Waals surface area (Å²) in [6.45, 7) is 12.1. The predicted octanol–water partition coefficient (Wildman–Crippen LogP) is 2.62. The first-order valence-electron chi connectivity index (χ1n) is 6.94. The van der Waals surface area contributed by atoms with Crippen molar-refractivity contribution in [3.8, 4) is 0 Å². The van der Waals surface area contributed by atoms with Crippen LogP contribution in [0.5, 0.6) is 0 Å². The molecule has 20 heavy (non-hydrogen) atoms. The van der Waals surface area contributed by atoms with Gasteiger partial charge in [0, 0.05) is 5.54 Å². The van der Waals surface area contributed by atoms with Gasteiger partial charge in [0.1, 0.15) is 5.75 Å². The van der Waals surface area contributed by atoms with Crippen LogP contribution < -0.4 is 0 Å². The third-order valence-electron chi connectivity index (χ3n) is 3.00. The van der Waals surface area contributed by atoms with Crippen molar-refractivity contribution in [2.75, 3.05) is 18.3 Å². The summed E-state index contributed by atoms with van der Waals surface area (Å²) in [5.74, 6) is 0.389. The summed E-state index contributed by atoms with van der Waals surface area (Å²) in [6, 6.07) is -0.213. The molecule has 2 unspecified atom stereocenters. The van der Waals surface area contributed by atoms with Gasteiger partial charge >= 0.3 is 0 Å². The molecule has 0 bridgehead atoms. The Balaban J connectivity index is 5.34. The molecule has 0 aromatic rings. The highest BCUT2D eigenvalue weighted by Crippen LogP contribution is 2.29. The quantitative estimate of drug-likeness (QED) is 0.705. The van der Waals surface area contributed by atoms with Crippen molar-refractivity contribution in [1.82, 2.24) is 4.31 Å². The maximum Gasteiger partial charge on any atom is 0.212 e. The molecule has 0 N–H and O–H groups in total. The first-order chi connectivity index (χ1) is 8.64. The first kappa shape index (κ1) is 20.2. The molecule has 6 heteroatoms. The fraction of sp³-hybridized carbons (Fsp3) is 1.00.